The Morgan fingerprint density at radius 2 is 1.67 bits per heavy atom. The van der Waals surface area contributed by atoms with E-state index >= 15 is 0 Å². The van der Waals surface area contributed by atoms with Crippen LogP contribution in [0.1, 0.15) is 19.4 Å². The van der Waals surface area contributed by atoms with E-state index in [1.165, 1.54) is 12.1 Å². The number of hydrogen-bond acceptors (Lipinski definition) is 3. The molecule has 0 bridgehead atoms. The maximum Gasteiger partial charge on any atom is 0.417 e. The molecule has 8 heteroatoms. The third-order valence-corrected chi connectivity index (χ3v) is 5.09. The van der Waals surface area contributed by atoms with E-state index in [0.29, 0.717) is 0 Å². The Bertz CT molecular complexity index is 605. The molecular weight excluding hydrogens is 307 g/mol. The number of sulfonamides is 1. The molecule has 1 saturated heterocycles. The smallest absolute Gasteiger partial charge is 0.373 e. The van der Waals surface area contributed by atoms with Gasteiger partial charge in [-0.3, -0.25) is 0 Å². The van der Waals surface area contributed by atoms with E-state index in [2.05, 4.69) is 0 Å². The summed E-state index contributed by atoms with van der Waals surface area (Å²) in [5, 5.41) is 0. The van der Waals surface area contributed by atoms with Crippen LogP contribution in [0.15, 0.2) is 29.2 Å². The lowest BCUT2D eigenvalue weighted by Gasteiger charge is -2.34. The summed E-state index contributed by atoms with van der Waals surface area (Å²) in [4.78, 5) is -0.709. The molecule has 118 valence electrons. The van der Waals surface area contributed by atoms with Crippen LogP contribution >= 0.6 is 0 Å². The molecule has 0 unspecified atom stereocenters. The van der Waals surface area contributed by atoms with Crippen molar-refractivity contribution in [2.24, 2.45) is 0 Å². The molecule has 1 heterocycles. The summed E-state index contributed by atoms with van der Waals surface area (Å²) in [5.74, 6) is 0. The maximum absolute atomic E-state index is 13.0. The molecule has 0 spiro atoms. The van der Waals surface area contributed by atoms with Crippen LogP contribution in [-0.2, 0) is 20.9 Å². The molecule has 1 aliphatic heterocycles. The van der Waals surface area contributed by atoms with Gasteiger partial charge in [-0.2, -0.15) is 17.5 Å². The normalized spacial score (nSPS) is 25.0. The maximum atomic E-state index is 13.0. The van der Waals surface area contributed by atoms with Crippen molar-refractivity contribution in [3.05, 3.63) is 29.8 Å². The van der Waals surface area contributed by atoms with E-state index in [4.69, 9.17) is 4.74 Å². The molecule has 1 aromatic rings. The summed E-state index contributed by atoms with van der Waals surface area (Å²) < 4.78 is 70.5. The topological polar surface area (TPSA) is 46.6 Å². The molecule has 0 amide bonds. The lowest BCUT2D eigenvalue weighted by molar-refractivity contribution is -0.140. The van der Waals surface area contributed by atoms with Gasteiger partial charge in [0.25, 0.3) is 0 Å². The van der Waals surface area contributed by atoms with E-state index in [-0.39, 0.29) is 25.3 Å². The van der Waals surface area contributed by atoms with Crippen LogP contribution in [0.5, 0.6) is 0 Å². The van der Waals surface area contributed by atoms with Crippen LogP contribution in [0.25, 0.3) is 0 Å². The van der Waals surface area contributed by atoms with Crippen LogP contribution in [-0.4, -0.2) is 38.0 Å². The van der Waals surface area contributed by atoms with Gasteiger partial charge in [-0.1, -0.05) is 12.1 Å². The fourth-order valence-electron chi connectivity index (χ4n) is 2.39. The molecule has 2 atom stereocenters. The molecule has 0 radical (unpaired) electrons. The molecule has 0 aliphatic carbocycles. The minimum absolute atomic E-state index is 0.0405. The minimum atomic E-state index is -4.72. The third kappa shape index (κ3) is 3.38. The first kappa shape index (κ1) is 16.3. The highest BCUT2D eigenvalue weighted by Gasteiger charge is 2.40. The van der Waals surface area contributed by atoms with Crippen molar-refractivity contribution in [3.8, 4) is 0 Å². The number of halogens is 3. The van der Waals surface area contributed by atoms with Gasteiger partial charge in [0.2, 0.25) is 10.0 Å². The Balaban J connectivity index is 2.45. The molecular formula is C13H16F3NO3S. The summed E-state index contributed by atoms with van der Waals surface area (Å²) in [6.07, 6.45) is -5.43. The molecule has 1 aliphatic rings. The van der Waals surface area contributed by atoms with Crippen molar-refractivity contribution in [2.45, 2.75) is 37.1 Å². The van der Waals surface area contributed by atoms with Crippen LogP contribution < -0.4 is 0 Å². The number of hydrogen-bond donors (Lipinski definition) is 0. The van der Waals surface area contributed by atoms with Gasteiger partial charge in [-0.25, -0.2) is 8.42 Å². The Kier molecular flexibility index (Phi) is 4.32. The zero-order valence-corrected chi connectivity index (χ0v) is 12.4. The van der Waals surface area contributed by atoms with Gasteiger partial charge >= 0.3 is 6.18 Å². The molecule has 0 saturated carbocycles. The van der Waals surface area contributed by atoms with Crippen molar-refractivity contribution >= 4 is 10.0 Å². The predicted molar refractivity (Wildman–Crippen MR) is 70.2 cm³/mol. The highest BCUT2D eigenvalue weighted by atomic mass is 32.2. The van der Waals surface area contributed by atoms with E-state index in [9.17, 15) is 21.6 Å². The first-order chi connectivity index (χ1) is 9.62. The van der Waals surface area contributed by atoms with E-state index in [1.54, 1.807) is 13.8 Å². The van der Waals surface area contributed by atoms with Crippen molar-refractivity contribution in [3.63, 3.8) is 0 Å². The fraction of sp³-hybridized carbons (Fsp3) is 0.538. The van der Waals surface area contributed by atoms with Crippen LogP contribution in [0.2, 0.25) is 0 Å². The third-order valence-electron chi connectivity index (χ3n) is 3.20. The summed E-state index contributed by atoms with van der Waals surface area (Å²) in [5.41, 5.74) is -1.14. The van der Waals surface area contributed by atoms with Crippen LogP contribution in [0.4, 0.5) is 13.2 Å². The second-order valence-electron chi connectivity index (χ2n) is 5.07. The van der Waals surface area contributed by atoms with E-state index in [0.717, 1.165) is 16.4 Å². The fourth-order valence-corrected chi connectivity index (χ4v) is 4.19. The zero-order valence-electron chi connectivity index (χ0n) is 11.6. The van der Waals surface area contributed by atoms with Crippen molar-refractivity contribution < 1.29 is 26.3 Å². The van der Waals surface area contributed by atoms with E-state index < -0.39 is 26.7 Å². The lowest BCUT2D eigenvalue weighted by Crippen LogP contribution is -2.48. The molecule has 1 fully saturated rings. The summed E-state index contributed by atoms with van der Waals surface area (Å²) >= 11 is 0. The average Bonchev–Trinajstić information content (AvgIpc) is 2.36. The molecule has 0 aromatic heterocycles. The second kappa shape index (κ2) is 5.58. The summed E-state index contributed by atoms with van der Waals surface area (Å²) in [6, 6.07) is 4.23. The molecule has 1 aromatic carbocycles. The zero-order chi connectivity index (χ0) is 15.8. The number of morpholine rings is 1. The molecule has 0 N–H and O–H groups in total. The van der Waals surface area contributed by atoms with Crippen molar-refractivity contribution in [2.75, 3.05) is 13.1 Å². The van der Waals surface area contributed by atoms with Crippen molar-refractivity contribution in [1.29, 1.82) is 0 Å². The molecule has 2 rings (SSSR count). The number of alkyl halides is 3. The Hall–Kier alpha value is -1.12. The van der Waals surface area contributed by atoms with Gasteiger partial charge in [0, 0.05) is 13.1 Å². The minimum Gasteiger partial charge on any atom is -0.373 e. The lowest BCUT2D eigenvalue weighted by atomic mass is 10.2. The van der Waals surface area contributed by atoms with Gasteiger partial charge in [0.1, 0.15) is 0 Å². The first-order valence-corrected chi connectivity index (χ1v) is 7.88. The SMILES string of the molecule is C[C@@H]1CN(S(=O)(=O)c2ccccc2C(F)(F)F)C[C@H](C)O1. The Morgan fingerprint density at radius 3 is 2.19 bits per heavy atom. The molecule has 4 nitrogen and oxygen atoms in total. The van der Waals surface area contributed by atoms with Gasteiger partial charge in [-0.15, -0.1) is 0 Å². The Labute approximate surface area is 121 Å². The van der Waals surface area contributed by atoms with Gasteiger partial charge in [0.05, 0.1) is 22.7 Å². The van der Waals surface area contributed by atoms with Crippen LogP contribution in [0.3, 0.4) is 0 Å². The number of benzene rings is 1. The highest BCUT2D eigenvalue weighted by Crippen LogP contribution is 2.35. The summed E-state index contributed by atoms with van der Waals surface area (Å²) in [6.45, 7) is 3.46. The monoisotopic (exact) mass is 323 g/mol. The quantitative estimate of drug-likeness (QED) is 0.840. The Morgan fingerprint density at radius 1 is 1.14 bits per heavy atom. The number of ether oxygens (including phenoxy) is 1. The number of nitrogens with zero attached hydrogens (tertiary/aromatic N) is 1. The average molecular weight is 323 g/mol. The van der Waals surface area contributed by atoms with E-state index in [1.807, 2.05) is 0 Å². The molecule has 21 heavy (non-hydrogen) atoms. The summed E-state index contributed by atoms with van der Waals surface area (Å²) in [7, 11) is -4.21. The largest absolute Gasteiger partial charge is 0.417 e. The van der Waals surface area contributed by atoms with Crippen molar-refractivity contribution in [1.82, 2.24) is 4.31 Å². The van der Waals surface area contributed by atoms with Gasteiger partial charge in [-0.05, 0) is 26.0 Å². The van der Waals surface area contributed by atoms with Gasteiger partial charge in [0.15, 0.2) is 0 Å². The second-order valence-corrected chi connectivity index (χ2v) is 6.98. The predicted octanol–water partition coefficient (Wildman–Crippen LogP) is 2.50. The number of rotatable bonds is 2. The van der Waals surface area contributed by atoms with Crippen LogP contribution in [0, 0.1) is 0 Å². The van der Waals surface area contributed by atoms with Gasteiger partial charge < -0.3 is 4.74 Å². The highest BCUT2D eigenvalue weighted by molar-refractivity contribution is 7.89. The first-order valence-electron chi connectivity index (χ1n) is 6.44. The standard InChI is InChI=1S/C13H16F3NO3S/c1-9-7-17(8-10(2)20-9)21(18,19)12-6-4-3-5-11(12)13(14,15)16/h3-6,9-10H,7-8H2,1-2H3/t9-,10+.